The second-order valence-electron chi connectivity index (χ2n) is 5.51. The van der Waals surface area contributed by atoms with Crippen molar-refractivity contribution in [3.8, 4) is 0 Å². The Morgan fingerprint density at radius 1 is 1.04 bits per heavy atom. The third-order valence-corrected chi connectivity index (χ3v) is 5.88. The van der Waals surface area contributed by atoms with Crippen LogP contribution in [-0.2, 0) is 16.6 Å². The Kier molecular flexibility index (Phi) is 4.32. The van der Waals surface area contributed by atoms with Crippen molar-refractivity contribution in [2.75, 3.05) is 13.1 Å². The number of rotatable bonds is 4. The van der Waals surface area contributed by atoms with Gasteiger partial charge in [-0.25, -0.2) is 12.8 Å². The van der Waals surface area contributed by atoms with Crippen molar-refractivity contribution in [2.24, 2.45) is 0 Å². The third kappa shape index (κ3) is 3.07. The quantitative estimate of drug-likeness (QED) is 0.856. The van der Waals surface area contributed by atoms with Crippen LogP contribution in [0.2, 0.25) is 0 Å². The van der Waals surface area contributed by atoms with Gasteiger partial charge in [0.05, 0.1) is 6.54 Å². The van der Waals surface area contributed by atoms with Gasteiger partial charge >= 0.3 is 0 Å². The molecule has 1 aliphatic rings. The molecule has 3 rings (SSSR count). The SMILES string of the molecule is O=c1c(S(=O)(=O)N2CCCC2)cccn1Cc1ccccc1F. The second-order valence-corrected chi connectivity index (χ2v) is 7.41. The van der Waals surface area contributed by atoms with Crippen molar-refractivity contribution >= 4 is 10.0 Å². The molecule has 0 radical (unpaired) electrons. The molecule has 1 aromatic carbocycles. The number of nitrogens with zero attached hydrogens (tertiary/aromatic N) is 2. The molecule has 7 heteroatoms. The van der Waals surface area contributed by atoms with Crippen LogP contribution in [0, 0.1) is 5.82 Å². The third-order valence-electron chi connectivity index (χ3n) is 3.97. The van der Waals surface area contributed by atoms with Crippen LogP contribution in [0.4, 0.5) is 4.39 Å². The number of pyridine rings is 1. The number of halogens is 1. The Morgan fingerprint density at radius 2 is 1.74 bits per heavy atom. The van der Waals surface area contributed by atoms with Crippen molar-refractivity contribution in [3.05, 3.63) is 64.3 Å². The molecule has 23 heavy (non-hydrogen) atoms. The zero-order valence-electron chi connectivity index (χ0n) is 12.5. The Balaban J connectivity index is 1.99. The second kappa shape index (κ2) is 6.25. The predicted molar refractivity (Wildman–Crippen MR) is 84.2 cm³/mol. The molecule has 0 unspecified atom stereocenters. The van der Waals surface area contributed by atoms with E-state index in [1.54, 1.807) is 18.2 Å². The number of hydrogen-bond donors (Lipinski definition) is 0. The first-order valence-electron chi connectivity index (χ1n) is 7.43. The van der Waals surface area contributed by atoms with Crippen LogP contribution in [-0.4, -0.2) is 30.4 Å². The Labute approximate surface area is 134 Å². The van der Waals surface area contributed by atoms with Crippen molar-refractivity contribution in [1.29, 1.82) is 0 Å². The summed E-state index contributed by atoms with van der Waals surface area (Å²) in [6.07, 6.45) is 3.07. The molecule has 1 saturated heterocycles. The highest BCUT2D eigenvalue weighted by Crippen LogP contribution is 2.18. The van der Waals surface area contributed by atoms with Crippen LogP contribution < -0.4 is 5.56 Å². The lowest BCUT2D eigenvalue weighted by Gasteiger charge is -2.16. The molecule has 0 atom stereocenters. The minimum Gasteiger partial charge on any atom is -0.310 e. The lowest BCUT2D eigenvalue weighted by Crippen LogP contribution is -2.34. The van der Waals surface area contributed by atoms with Gasteiger partial charge in [-0.05, 0) is 31.0 Å². The van der Waals surface area contributed by atoms with Crippen molar-refractivity contribution in [1.82, 2.24) is 8.87 Å². The first-order valence-corrected chi connectivity index (χ1v) is 8.87. The fourth-order valence-corrected chi connectivity index (χ4v) is 4.32. The lowest BCUT2D eigenvalue weighted by atomic mass is 10.2. The Hall–Kier alpha value is -1.99. The minimum atomic E-state index is -3.79. The largest absolute Gasteiger partial charge is 0.310 e. The molecule has 2 aromatic rings. The highest BCUT2D eigenvalue weighted by Gasteiger charge is 2.29. The number of benzene rings is 1. The van der Waals surface area contributed by atoms with Crippen molar-refractivity contribution in [2.45, 2.75) is 24.3 Å². The zero-order chi connectivity index (χ0) is 16.4. The molecule has 0 N–H and O–H groups in total. The van der Waals surface area contributed by atoms with Crippen LogP contribution in [0.25, 0.3) is 0 Å². The highest BCUT2D eigenvalue weighted by molar-refractivity contribution is 7.89. The summed E-state index contributed by atoms with van der Waals surface area (Å²) < 4.78 is 41.4. The van der Waals surface area contributed by atoms with E-state index in [4.69, 9.17) is 0 Å². The van der Waals surface area contributed by atoms with Crippen molar-refractivity contribution in [3.63, 3.8) is 0 Å². The van der Waals surface area contributed by atoms with Crippen LogP contribution in [0.3, 0.4) is 0 Å². The summed E-state index contributed by atoms with van der Waals surface area (Å²) in [4.78, 5) is 12.3. The maximum Gasteiger partial charge on any atom is 0.271 e. The zero-order valence-corrected chi connectivity index (χ0v) is 13.3. The molecular weight excluding hydrogens is 319 g/mol. The van der Waals surface area contributed by atoms with E-state index < -0.39 is 21.4 Å². The molecule has 1 aliphatic heterocycles. The summed E-state index contributed by atoms with van der Waals surface area (Å²) in [5.74, 6) is -0.424. The van der Waals surface area contributed by atoms with Crippen LogP contribution >= 0.6 is 0 Å². The lowest BCUT2D eigenvalue weighted by molar-refractivity contribution is 0.475. The fourth-order valence-electron chi connectivity index (χ4n) is 2.71. The van der Waals surface area contributed by atoms with E-state index in [1.807, 2.05) is 0 Å². The topological polar surface area (TPSA) is 59.4 Å². The van der Waals surface area contributed by atoms with E-state index in [2.05, 4.69) is 0 Å². The molecule has 122 valence electrons. The van der Waals surface area contributed by atoms with E-state index in [1.165, 1.54) is 33.3 Å². The maximum absolute atomic E-state index is 13.7. The van der Waals surface area contributed by atoms with Gasteiger partial charge in [0, 0.05) is 24.8 Å². The molecular formula is C16H17FN2O3S. The van der Waals surface area contributed by atoms with E-state index in [-0.39, 0.29) is 11.4 Å². The number of hydrogen-bond acceptors (Lipinski definition) is 3. The fraction of sp³-hybridized carbons (Fsp3) is 0.312. The van der Waals surface area contributed by atoms with E-state index in [9.17, 15) is 17.6 Å². The predicted octanol–water partition coefficient (Wildman–Crippen LogP) is 1.82. The standard InChI is InChI=1S/C16H17FN2O3S/c17-14-7-2-1-6-13(14)12-18-9-5-8-15(16(18)20)23(21,22)19-10-3-4-11-19/h1-2,5-9H,3-4,10-12H2. The molecule has 0 spiro atoms. The maximum atomic E-state index is 13.7. The van der Waals surface area contributed by atoms with Gasteiger partial charge in [0.25, 0.3) is 5.56 Å². The van der Waals surface area contributed by atoms with E-state index >= 15 is 0 Å². The van der Waals surface area contributed by atoms with Gasteiger partial charge < -0.3 is 4.57 Å². The molecule has 0 saturated carbocycles. The molecule has 0 bridgehead atoms. The summed E-state index contributed by atoms with van der Waals surface area (Å²) in [7, 11) is -3.79. The van der Waals surface area contributed by atoms with E-state index in [0.29, 0.717) is 18.7 Å². The highest BCUT2D eigenvalue weighted by atomic mass is 32.2. The molecule has 1 aromatic heterocycles. The average Bonchev–Trinajstić information content (AvgIpc) is 3.06. The van der Waals surface area contributed by atoms with E-state index in [0.717, 1.165) is 12.8 Å². The van der Waals surface area contributed by atoms with Crippen LogP contribution in [0.5, 0.6) is 0 Å². The minimum absolute atomic E-state index is 0.00509. The number of sulfonamides is 1. The summed E-state index contributed by atoms with van der Waals surface area (Å²) in [5, 5.41) is 0. The average molecular weight is 336 g/mol. The number of aromatic nitrogens is 1. The smallest absolute Gasteiger partial charge is 0.271 e. The van der Waals surface area contributed by atoms with Crippen LogP contribution in [0.1, 0.15) is 18.4 Å². The first kappa shape index (κ1) is 15.9. The van der Waals surface area contributed by atoms with Gasteiger partial charge in [-0.2, -0.15) is 4.31 Å². The molecule has 0 amide bonds. The van der Waals surface area contributed by atoms with Gasteiger partial charge in [0.15, 0.2) is 0 Å². The van der Waals surface area contributed by atoms with Gasteiger partial charge in [0.2, 0.25) is 10.0 Å². The van der Waals surface area contributed by atoms with Gasteiger partial charge in [0.1, 0.15) is 10.7 Å². The van der Waals surface area contributed by atoms with Gasteiger partial charge in [-0.15, -0.1) is 0 Å². The molecule has 2 heterocycles. The summed E-state index contributed by atoms with van der Waals surface area (Å²) in [6, 6.07) is 8.94. The molecule has 1 fully saturated rings. The summed E-state index contributed by atoms with van der Waals surface area (Å²) >= 11 is 0. The monoisotopic (exact) mass is 336 g/mol. The Bertz CT molecular complexity index is 871. The first-order chi connectivity index (χ1) is 11.0. The normalized spacial score (nSPS) is 15.9. The molecule has 0 aliphatic carbocycles. The Morgan fingerprint density at radius 3 is 2.43 bits per heavy atom. The van der Waals surface area contributed by atoms with Crippen molar-refractivity contribution < 1.29 is 12.8 Å². The summed E-state index contributed by atoms with van der Waals surface area (Å²) in [6.45, 7) is 0.864. The van der Waals surface area contributed by atoms with Crippen LogP contribution in [0.15, 0.2) is 52.3 Å². The summed E-state index contributed by atoms with van der Waals surface area (Å²) in [5.41, 5.74) is -0.284. The molecule has 5 nitrogen and oxygen atoms in total. The van der Waals surface area contributed by atoms with Gasteiger partial charge in [-0.1, -0.05) is 18.2 Å². The van der Waals surface area contributed by atoms with Gasteiger partial charge in [-0.3, -0.25) is 4.79 Å².